The Balaban J connectivity index is 1.50. The van der Waals surface area contributed by atoms with Gasteiger partial charge in [0.05, 0.1) is 12.2 Å². The van der Waals surface area contributed by atoms with Gasteiger partial charge in [-0.2, -0.15) is 0 Å². The lowest BCUT2D eigenvalue weighted by Crippen LogP contribution is -1.95. The third kappa shape index (κ3) is 6.77. The summed E-state index contributed by atoms with van der Waals surface area (Å²) in [5.41, 5.74) is 1.42. The van der Waals surface area contributed by atoms with Gasteiger partial charge < -0.3 is 4.74 Å². The molecule has 0 bridgehead atoms. The maximum absolute atomic E-state index is 5.73. The Morgan fingerprint density at radius 1 is 1.00 bits per heavy atom. The number of rotatable bonds is 10. The highest BCUT2D eigenvalue weighted by Crippen LogP contribution is 2.29. The molecule has 114 valence electrons. The largest absolute Gasteiger partial charge is 0.369 e. The van der Waals surface area contributed by atoms with Crippen molar-refractivity contribution in [1.29, 1.82) is 0 Å². The van der Waals surface area contributed by atoms with E-state index < -0.39 is 0 Å². The molecule has 1 nitrogen and oxygen atoms in total. The second-order valence-electron chi connectivity index (χ2n) is 5.79. The summed E-state index contributed by atoms with van der Waals surface area (Å²) >= 11 is 0. The van der Waals surface area contributed by atoms with Gasteiger partial charge in [0.1, 0.15) is 0 Å². The van der Waals surface area contributed by atoms with Gasteiger partial charge in [-0.3, -0.25) is 0 Å². The monoisotopic (exact) mass is 284 g/mol. The molecule has 1 aromatic carbocycles. The molecule has 0 spiro atoms. The van der Waals surface area contributed by atoms with Gasteiger partial charge in [0.15, 0.2) is 0 Å². The van der Waals surface area contributed by atoms with Crippen LogP contribution < -0.4 is 0 Å². The highest BCUT2D eigenvalue weighted by Gasteiger charge is 2.36. The minimum Gasteiger partial charge on any atom is -0.369 e. The van der Waals surface area contributed by atoms with Crippen LogP contribution in [0.4, 0.5) is 0 Å². The van der Waals surface area contributed by atoms with Gasteiger partial charge >= 0.3 is 0 Å². The number of unbranched alkanes of at least 4 members (excludes halogenated alkanes) is 2. The average molecular weight is 284 g/mol. The fourth-order valence-electron chi connectivity index (χ4n) is 2.54. The van der Waals surface area contributed by atoms with Crippen LogP contribution in [-0.2, 0) is 11.2 Å². The maximum Gasteiger partial charge on any atom is 0.0876 e. The minimum absolute atomic E-state index is 0.467. The van der Waals surface area contributed by atoms with Crippen molar-refractivity contribution in [2.45, 2.75) is 64.1 Å². The Hall–Kier alpha value is -1.34. The fraction of sp³-hybridized carbons (Fsp3) is 0.500. The Morgan fingerprint density at radius 3 is 2.62 bits per heavy atom. The van der Waals surface area contributed by atoms with Gasteiger partial charge in [0.25, 0.3) is 0 Å². The number of allylic oxidation sites excluding steroid dienone is 3. The molecule has 1 heterocycles. The number of hydrogen-bond acceptors (Lipinski definition) is 1. The zero-order chi connectivity index (χ0) is 14.8. The molecule has 1 aliphatic heterocycles. The average Bonchev–Trinajstić information content (AvgIpc) is 3.27. The van der Waals surface area contributed by atoms with Crippen LogP contribution in [-0.4, -0.2) is 12.2 Å². The number of epoxide rings is 1. The standard InChI is InChI=1S/C20H28O/c1-2-3-4-5-6-7-8-12-15-19-20(21-19)17-16-18-13-10-9-11-14-18/h5-6,8-14,19-20H,2-4,7,15-17H2,1H3/b6-5-,12-8-/t19-,20+/m1/s1. The van der Waals surface area contributed by atoms with Crippen LogP contribution in [0, 0.1) is 0 Å². The summed E-state index contributed by atoms with van der Waals surface area (Å²) in [5.74, 6) is 0. The zero-order valence-corrected chi connectivity index (χ0v) is 13.2. The molecule has 2 atom stereocenters. The molecule has 0 amide bonds. The van der Waals surface area contributed by atoms with Gasteiger partial charge in [0.2, 0.25) is 0 Å². The Kier molecular flexibility index (Phi) is 7.31. The fourth-order valence-corrected chi connectivity index (χ4v) is 2.54. The molecule has 0 unspecified atom stereocenters. The van der Waals surface area contributed by atoms with E-state index in [1.54, 1.807) is 0 Å². The Bertz CT molecular complexity index is 432. The molecular weight excluding hydrogens is 256 g/mol. The SMILES string of the molecule is CCCC/C=C\C/C=C\C[C@H]1O[C@H]1CCc1ccccc1. The summed E-state index contributed by atoms with van der Waals surface area (Å²) in [6, 6.07) is 10.7. The van der Waals surface area contributed by atoms with E-state index in [1.165, 1.54) is 24.8 Å². The van der Waals surface area contributed by atoms with E-state index in [0.29, 0.717) is 12.2 Å². The van der Waals surface area contributed by atoms with Gasteiger partial charge in [-0.05, 0) is 37.7 Å². The summed E-state index contributed by atoms with van der Waals surface area (Å²) in [4.78, 5) is 0. The summed E-state index contributed by atoms with van der Waals surface area (Å²) in [7, 11) is 0. The van der Waals surface area contributed by atoms with Crippen LogP contribution in [0.15, 0.2) is 54.6 Å². The molecule has 0 radical (unpaired) electrons. The summed E-state index contributed by atoms with van der Waals surface area (Å²) in [5, 5.41) is 0. The predicted octanol–water partition coefficient (Wildman–Crippen LogP) is 5.47. The second-order valence-corrected chi connectivity index (χ2v) is 5.79. The minimum atomic E-state index is 0.467. The number of aryl methyl sites for hydroxylation is 1. The van der Waals surface area contributed by atoms with Crippen LogP contribution in [0.3, 0.4) is 0 Å². The van der Waals surface area contributed by atoms with Crippen LogP contribution >= 0.6 is 0 Å². The van der Waals surface area contributed by atoms with Crippen molar-refractivity contribution in [2.24, 2.45) is 0 Å². The Morgan fingerprint density at radius 2 is 1.81 bits per heavy atom. The van der Waals surface area contributed by atoms with Gasteiger partial charge in [-0.15, -0.1) is 0 Å². The highest BCUT2D eigenvalue weighted by molar-refractivity contribution is 5.15. The molecule has 1 heteroatoms. The second kappa shape index (κ2) is 9.57. The number of hydrogen-bond donors (Lipinski definition) is 0. The topological polar surface area (TPSA) is 12.5 Å². The van der Waals surface area contributed by atoms with E-state index in [1.807, 2.05) is 0 Å². The Labute approximate surface area is 129 Å². The van der Waals surface area contributed by atoms with Crippen molar-refractivity contribution in [2.75, 3.05) is 0 Å². The first kappa shape index (κ1) is 16.0. The zero-order valence-electron chi connectivity index (χ0n) is 13.2. The van der Waals surface area contributed by atoms with E-state index >= 15 is 0 Å². The molecule has 1 aromatic rings. The number of ether oxygens (including phenoxy) is 1. The van der Waals surface area contributed by atoms with E-state index in [2.05, 4.69) is 61.6 Å². The van der Waals surface area contributed by atoms with Crippen molar-refractivity contribution in [1.82, 2.24) is 0 Å². The first-order valence-electron chi connectivity index (χ1n) is 8.39. The third-order valence-corrected chi connectivity index (χ3v) is 3.95. The normalized spacial score (nSPS) is 21.4. The summed E-state index contributed by atoms with van der Waals surface area (Å²) < 4.78 is 5.73. The highest BCUT2D eigenvalue weighted by atomic mass is 16.6. The van der Waals surface area contributed by atoms with Crippen LogP contribution in [0.2, 0.25) is 0 Å². The van der Waals surface area contributed by atoms with Crippen molar-refractivity contribution < 1.29 is 4.74 Å². The maximum atomic E-state index is 5.73. The molecule has 2 rings (SSSR count). The first-order chi connectivity index (χ1) is 10.4. The van der Waals surface area contributed by atoms with E-state index in [4.69, 9.17) is 4.74 Å². The van der Waals surface area contributed by atoms with Gasteiger partial charge in [-0.1, -0.05) is 74.4 Å². The smallest absolute Gasteiger partial charge is 0.0876 e. The quantitative estimate of drug-likeness (QED) is 0.315. The van der Waals surface area contributed by atoms with Crippen molar-refractivity contribution in [3.8, 4) is 0 Å². The molecular formula is C20H28O. The summed E-state index contributed by atoms with van der Waals surface area (Å²) in [6.45, 7) is 2.23. The third-order valence-electron chi connectivity index (χ3n) is 3.95. The van der Waals surface area contributed by atoms with Crippen LogP contribution in [0.1, 0.15) is 51.0 Å². The molecule has 0 aliphatic carbocycles. The molecule has 1 aliphatic rings. The van der Waals surface area contributed by atoms with E-state index in [9.17, 15) is 0 Å². The number of benzene rings is 1. The van der Waals surface area contributed by atoms with Crippen molar-refractivity contribution in [3.63, 3.8) is 0 Å². The van der Waals surface area contributed by atoms with E-state index in [-0.39, 0.29) is 0 Å². The molecule has 0 aromatic heterocycles. The molecule has 0 N–H and O–H groups in total. The van der Waals surface area contributed by atoms with Crippen molar-refractivity contribution >= 4 is 0 Å². The molecule has 0 saturated carbocycles. The van der Waals surface area contributed by atoms with Crippen molar-refractivity contribution in [3.05, 3.63) is 60.2 Å². The molecule has 1 fully saturated rings. The van der Waals surface area contributed by atoms with Gasteiger partial charge in [-0.25, -0.2) is 0 Å². The molecule has 1 saturated heterocycles. The summed E-state index contributed by atoms with van der Waals surface area (Å²) in [6.07, 6.45) is 18.3. The lowest BCUT2D eigenvalue weighted by atomic mass is 10.1. The lowest BCUT2D eigenvalue weighted by Gasteiger charge is -1.97. The van der Waals surface area contributed by atoms with Crippen LogP contribution in [0.5, 0.6) is 0 Å². The lowest BCUT2D eigenvalue weighted by molar-refractivity contribution is 0.363. The van der Waals surface area contributed by atoms with Crippen LogP contribution in [0.25, 0.3) is 0 Å². The van der Waals surface area contributed by atoms with E-state index in [0.717, 1.165) is 25.7 Å². The predicted molar refractivity (Wildman–Crippen MR) is 90.5 cm³/mol. The molecule has 21 heavy (non-hydrogen) atoms. The van der Waals surface area contributed by atoms with Gasteiger partial charge in [0, 0.05) is 0 Å². The first-order valence-corrected chi connectivity index (χ1v) is 8.39.